The number of aromatic nitrogens is 2. The number of pyridine rings is 1. The minimum Gasteiger partial charge on any atom is -0.450 e. The Bertz CT molecular complexity index is 778. The zero-order valence-corrected chi connectivity index (χ0v) is 12.9. The molecule has 2 aromatic heterocycles. The van der Waals surface area contributed by atoms with E-state index in [4.69, 9.17) is 9.47 Å². The Labute approximate surface area is 126 Å². The molecule has 0 bridgehead atoms. The van der Waals surface area contributed by atoms with E-state index in [9.17, 15) is 4.39 Å². The van der Waals surface area contributed by atoms with Crippen molar-refractivity contribution >= 4 is 48.5 Å². The van der Waals surface area contributed by atoms with E-state index in [1.54, 1.807) is 6.07 Å². The lowest BCUT2D eigenvalue weighted by Crippen LogP contribution is -2.01. The maximum absolute atomic E-state index is 13.5. The topological polar surface area (TPSA) is 44.2 Å². The van der Waals surface area contributed by atoms with Crippen LogP contribution in [-0.2, 0) is 10.1 Å². The third-order valence-electron chi connectivity index (χ3n) is 2.87. The number of nitrogens with zero attached hydrogens (tertiary/aromatic N) is 2. The number of ether oxygens (including phenoxy) is 2. The molecule has 104 valence electrons. The Morgan fingerprint density at radius 2 is 2.20 bits per heavy atom. The summed E-state index contributed by atoms with van der Waals surface area (Å²) in [4.78, 5) is 5.19. The molecule has 0 saturated heterocycles. The Hall–Kier alpha value is -1.31. The molecule has 0 aliphatic carbocycles. The number of alkyl halides is 1. The molecule has 0 fully saturated rings. The average Bonchev–Trinajstić information content (AvgIpc) is 2.87. The fraction of sp³-hybridized carbons (Fsp3) is 0.231. The molecular weight excluding hydrogens is 347 g/mol. The quantitative estimate of drug-likeness (QED) is 0.525. The number of benzene rings is 1. The van der Waals surface area contributed by atoms with Crippen molar-refractivity contribution in [1.82, 2.24) is 9.36 Å². The molecule has 3 rings (SSSR count). The van der Waals surface area contributed by atoms with Gasteiger partial charge in [-0.2, -0.15) is 4.37 Å². The fourth-order valence-electron chi connectivity index (χ4n) is 2.04. The number of halogens is 2. The van der Waals surface area contributed by atoms with Gasteiger partial charge in [0.05, 0.1) is 5.69 Å². The van der Waals surface area contributed by atoms with Gasteiger partial charge in [-0.1, -0.05) is 22.0 Å². The molecule has 0 atom stereocenters. The van der Waals surface area contributed by atoms with Gasteiger partial charge in [0.25, 0.3) is 0 Å². The van der Waals surface area contributed by atoms with Gasteiger partial charge in [0.1, 0.15) is 10.6 Å². The van der Waals surface area contributed by atoms with Crippen LogP contribution in [0, 0.1) is 5.82 Å². The van der Waals surface area contributed by atoms with Crippen LogP contribution in [0.15, 0.2) is 18.2 Å². The zero-order valence-electron chi connectivity index (χ0n) is 10.5. The van der Waals surface area contributed by atoms with Gasteiger partial charge in [-0.15, -0.1) is 0 Å². The summed E-state index contributed by atoms with van der Waals surface area (Å²) >= 11 is 4.71. The first-order valence-electron chi connectivity index (χ1n) is 5.80. The van der Waals surface area contributed by atoms with Crippen molar-refractivity contribution in [1.29, 1.82) is 0 Å². The van der Waals surface area contributed by atoms with Gasteiger partial charge in [-0.25, -0.2) is 9.37 Å². The maximum Gasteiger partial charge on any atom is 0.225 e. The molecule has 0 N–H and O–H groups in total. The van der Waals surface area contributed by atoms with Crippen LogP contribution in [0.25, 0.3) is 21.0 Å². The molecule has 20 heavy (non-hydrogen) atoms. The summed E-state index contributed by atoms with van der Waals surface area (Å²) in [6.07, 6.45) is 0. The standard InChI is InChI=1S/C13H10BrFN2O2S/c1-18-6-19-12-9-4-7(15)2-3-8(9)11-10(5-14)17-20-13(11)16-12/h2-4H,5-6H2,1H3. The summed E-state index contributed by atoms with van der Waals surface area (Å²) in [5.74, 6) is 0.0307. The van der Waals surface area contributed by atoms with Crippen molar-refractivity contribution in [2.24, 2.45) is 0 Å². The van der Waals surface area contributed by atoms with E-state index in [1.165, 1.54) is 30.8 Å². The zero-order chi connectivity index (χ0) is 14.1. The van der Waals surface area contributed by atoms with Crippen LogP contribution < -0.4 is 4.74 Å². The molecule has 4 nitrogen and oxygen atoms in total. The van der Waals surface area contributed by atoms with Crippen molar-refractivity contribution < 1.29 is 13.9 Å². The number of fused-ring (bicyclic) bond motifs is 3. The van der Waals surface area contributed by atoms with Gasteiger partial charge < -0.3 is 9.47 Å². The Morgan fingerprint density at radius 1 is 1.35 bits per heavy atom. The maximum atomic E-state index is 13.5. The highest BCUT2D eigenvalue weighted by molar-refractivity contribution is 9.08. The first-order valence-corrected chi connectivity index (χ1v) is 7.69. The van der Waals surface area contributed by atoms with Crippen LogP contribution in [0.3, 0.4) is 0 Å². The highest BCUT2D eigenvalue weighted by Crippen LogP contribution is 2.35. The van der Waals surface area contributed by atoms with E-state index >= 15 is 0 Å². The highest BCUT2D eigenvalue weighted by atomic mass is 79.9. The van der Waals surface area contributed by atoms with Gasteiger partial charge in [-0.05, 0) is 29.1 Å². The summed E-state index contributed by atoms with van der Waals surface area (Å²) in [6.45, 7) is 0.0637. The highest BCUT2D eigenvalue weighted by Gasteiger charge is 2.15. The van der Waals surface area contributed by atoms with Gasteiger partial charge >= 0.3 is 0 Å². The molecule has 3 aromatic rings. The fourth-order valence-corrected chi connectivity index (χ4v) is 3.41. The molecule has 0 radical (unpaired) electrons. The van der Waals surface area contributed by atoms with Crippen LogP contribution in [0.5, 0.6) is 5.88 Å². The summed E-state index contributed by atoms with van der Waals surface area (Å²) in [5, 5.41) is 3.06. The molecule has 0 aliphatic heterocycles. The lowest BCUT2D eigenvalue weighted by atomic mass is 10.1. The normalized spacial score (nSPS) is 11.3. The number of rotatable bonds is 4. The second-order valence-corrected chi connectivity index (χ2v) is 5.41. The lowest BCUT2D eigenvalue weighted by molar-refractivity contribution is 0.0493. The second-order valence-electron chi connectivity index (χ2n) is 4.10. The molecule has 0 spiro atoms. The van der Waals surface area contributed by atoms with Crippen LogP contribution >= 0.6 is 27.5 Å². The summed E-state index contributed by atoms with van der Waals surface area (Å²) < 4.78 is 28.2. The van der Waals surface area contributed by atoms with Gasteiger partial charge in [-0.3, -0.25) is 0 Å². The van der Waals surface area contributed by atoms with Gasteiger partial charge in [0, 0.05) is 23.2 Å². The molecule has 7 heteroatoms. The first-order chi connectivity index (χ1) is 9.74. The van der Waals surface area contributed by atoms with E-state index < -0.39 is 0 Å². The second kappa shape index (κ2) is 5.59. The van der Waals surface area contributed by atoms with Crippen molar-refractivity contribution in [2.45, 2.75) is 5.33 Å². The molecule has 1 aromatic carbocycles. The molecular formula is C13H10BrFN2O2S. The summed E-state index contributed by atoms with van der Waals surface area (Å²) in [5.41, 5.74) is 0.896. The number of methoxy groups -OCH3 is 1. The van der Waals surface area contributed by atoms with E-state index in [2.05, 4.69) is 25.3 Å². The Morgan fingerprint density at radius 3 is 2.95 bits per heavy atom. The minimum atomic E-state index is -0.329. The predicted octanol–water partition coefficient (Wildman–Crippen LogP) is 3.86. The molecule has 0 unspecified atom stereocenters. The van der Waals surface area contributed by atoms with Crippen LogP contribution in [0.1, 0.15) is 5.69 Å². The third kappa shape index (κ3) is 2.25. The van der Waals surface area contributed by atoms with Crippen molar-refractivity contribution in [3.63, 3.8) is 0 Å². The van der Waals surface area contributed by atoms with E-state index in [0.29, 0.717) is 16.6 Å². The Balaban J connectivity index is 2.34. The Kier molecular flexibility index (Phi) is 3.82. The van der Waals surface area contributed by atoms with Crippen LogP contribution in [0.2, 0.25) is 0 Å². The number of hydrogen-bond acceptors (Lipinski definition) is 5. The SMILES string of the molecule is COCOc1nc2snc(CBr)c2c2ccc(F)cc12. The van der Waals surface area contributed by atoms with Crippen LogP contribution in [0.4, 0.5) is 4.39 Å². The van der Waals surface area contributed by atoms with Crippen LogP contribution in [-0.4, -0.2) is 23.3 Å². The average molecular weight is 357 g/mol. The van der Waals surface area contributed by atoms with E-state index in [-0.39, 0.29) is 12.6 Å². The minimum absolute atomic E-state index is 0.0637. The summed E-state index contributed by atoms with van der Waals surface area (Å²) in [7, 11) is 1.52. The molecule has 2 heterocycles. The van der Waals surface area contributed by atoms with Crippen molar-refractivity contribution in [3.8, 4) is 5.88 Å². The van der Waals surface area contributed by atoms with Crippen molar-refractivity contribution in [3.05, 3.63) is 29.7 Å². The monoisotopic (exact) mass is 356 g/mol. The van der Waals surface area contributed by atoms with Gasteiger partial charge in [0.2, 0.25) is 5.88 Å². The number of hydrogen-bond donors (Lipinski definition) is 0. The smallest absolute Gasteiger partial charge is 0.225 e. The predicted molar refractivity (Wildman–Crippen MR) is 80.0 cm³/mol. The summed E-state index contributed by atoms with van der Waals surface area (Å²) in [6, 6.07) is 4.58. The molecule has 0 saturated carbocycles. The molecule has 0 amide bonds. The van der Waals surface area contributed by atoms with Gasteiger partial charge in [0.15, 0.2) is 6.79 Å². The lowest BCUT2D eigenvalue weighted by Gasteiger charge is -2.08. The first kappa shape index (κ1) is 13.7. The largest absolute Gasteiger partial charge is 0.450 e. The van der Waals surface area contributed by atoms with E-state index in [0.717, 1.165) is 21.3 Å². The molecule has 0 aliphatic rings. The van der Waals surface area contributed by atoms with E-state index in [1.807, 2.05) is 0 Å². The third-order valence-corrected chi connectivity index (χ3v) is 4.18. The van der Waals surface area contributed by atoms with Crippen molar-refractivity contribution in [2.75, 3.05) is 13.9 Å².